The van der Waals surface area contributed by atoms with Crippen LogP contribution < -0.4 is 9.47 Å². The summed E-state index contributed by atoms with van der Waals surface area (Å²) in [5, 5.41) is 0.652. The molecule has 0 N–H and O–H groups in total. The first-order valence-corrected chi connectivity index (χ1v) is 7.96. The van der Waals surface area contributed by atoms with Crippen molar-refractivity contribution in [1.82, 2.24) is 0 Å². The molecule has 0 aromatic heterocycles. The zero-order valence-electron chi connectivity index (χ0n) is 11.0. The summed E-state index contributed by atoms with van der Waals surface area (Å²) in [6.07, 6.45) is 0. The molecule has 1 unspecified atom stereocenters. The van der Waals surface area contributed by atoms with Crippen LogP contribution in [0.4, 0.5) is 0 Å². The SMILES string of the molecule is COc1ccc(C(Br)c2ccc(Cl)cc2OC)c(Br)c1. The van der Waals surface area contributed by atoms with E-state index in [0.717, 1.165) is 27.1 Å². The van der Waals surface area contributed by atoms with Crippen LogP contribution >= 0.6 is 43.5 Å². The van der Waals surface area contributed by atoms with Crippen LogP contribution in [0.1, 0.15) is 16.0 Å². The topological polar surface area (TPSA) is 18.5 Å². The summed E-state index contributed by atoms with van der Waals surface area (Å²) >= 11 is 13.3. The van der Waals surface area contributed by atoms with Gasteiger partial charge >= 0.3 is 0 Å². The van der Waals surface area contributed by atoms with E-state index in [9.17, 15) is 0 Å². The summed E-state index contributed by atoms with van der Waals surface area (Å²) in [6.45, 7) is 0. The molecule has 0 aliphatic heterocycles. The third-order valence-corrected chi connectivity index (χ3v) is 4.86. The fourth-order valence-electron chi connectivity index (χ4n) is 1.90. The van der Waals surface area contributed by atoms with Crippen LogP contribution in [0.5, 0.6) is 11.5 Å². The monoisotopic (exact) mass is 418 g/mol. The summed E-state index contributed by atoms with van der Waals surface area (Å²) in [5.41, 5.74) is 2.11. The van der Waals surface area contributed by atoms with Crippen molar-refractivity contribution < 1.29 is 9.47 Å². The van der Waals surface area contributed by atoms with E-state index in [1.807, 2.05) is 36.4 Å². The Morgan fingerprint density at radius 1 is 1.00 bits per heavy atom. The fourth-order valence-corrected chi connectivity index (χ4v) is 3.74. The van der Waals surface area contributed by atoms with Crippen LogP contribution in [0.15, 0.2) is 40.9 Å². The Morgan fingerprint density at radius 3 is 2.30 bits per heavy atom. The number of halogens is 3. The van der Waals surface area contributed by atoms with E-state index in [1.54, 1.807) is 14.2 Å². The maximum atomic E-state index is 6.00. The molecule has 0 saturated heterocycles. The van der Waals surface area contributed by atoms with Crippen molar-refractivity contribution in [3.05, 3.63) is 57.0 Å². The Kier molecular flexibility index (Phi) is 5.35. The fraction of sp³-hybridized carbons (Fsp3) is 0.200. The zero-order valence-corrected chi connectivity index (χ0v) is 14.9. The molecule has 2 rings (SSSR count). The van der Waals surface area contributed by atoms with Gasteiger partial charge in [-0.2, -0.15) is 0 Å². The third kappa shape index (κ3) is 3.30. The lowest BCUT2D eigenvalue weighted by molar-refractivity contribution is 0.410. The van der Waals surface area contributed by atoms with Crippen molar-refractivity contribution in [3.8, 4) is 11.5 Å². The minimum atomic E-state index is -0.00463. The Labute approximate surface area is 140 Å². The van der Waals surface area contributed by atoms with E-state index in [-0.39, 0.29) is 4.83 Å². The van der Waals surface area contributed by atoms with E-state index in [4.69, 9.17) is 21.1 Å². The third-order valence-electron chi connectivity index (χ3n) is 2.95. The second-order valence-electron chi connectivity index (χ2n) is 4.14. The molecule has 0 radical (unpaired) electrons. The van der Waals surface area contributed by atoms with Gasteiger partial charge in [0.25, 0.3) is 0 Å². The predicted octanol–water partition coefficient (Wildman–Crippen LogP) is 5.60. The molecule has 2 aromatic rings. The summed E-state index contributed by atoms with van der Waals surface area (Å²) < 4.78 is 11.6. The van der Waals surface area contributed by atoms with E-state index in [1.165, 1.54) is 0 Å². The number of ether oxygens (including phenoxy) is 2. The summed E-state index contributed by atoms with van der Waals surface area (Å²) in [4.78, 5) is -0.00463. The lowest BCUT2D eigenvalue weighted by Crippen LogP contribution is -1.98. The minimum absolute atomic E-state index is 0.00463. The molecule has 0 aliphatic rings. The van der Waals surface area contributed by atoms with Gasteiger partial charge in [0.15, 0.2) is 0 Å². The molecule has 0 saturated carbocycles. The molecule has 5 heteroatoms. The Hall–Kier alpha value is -0.710. The summed E-state index contributed by atoms with van der Waals surface area (Å²) in [6, 6.07) is 11.5. The molecule has 0 bridgehead atoms. The van der Waals surface area contributed by atoms with Gasteiger partial charge in [0.05, 0.1) is 19.0 Å². The number of alkyl halides is 1. The van der Waals surface area contributed by atoms with Crippen molar-refractivity contribution in [2.75, 3.05) is 14.2 Å². The van der Waals surface area contributed by atoms with E-state index < -0.39 is 0 Å². The average Bonchev–Trinajstić information content (AvgIpc) is 2.46. The van der Waals surface area contributed by atoms with Gasteiger partial charge in [0.2, 0.25) is 0 Å². The van der Waals surface area contributed by atoms with E-state index in [0.29, 0.717) is 5.02 Å². The van der Waals surface area contributed by atoms with Crippen LogP contribution in [-0.2, 0) is 0 Å². The second-order valence-corrected chi connectivity index (χ2v) is 6.34. The van der Waals surface area contributed by atoms with E-state index in [2.05, 4.69) is 31.9 Å². The first-order valence-electron chi connectivity index (χ1n) is 5.87. The maximum absolute atomic E-state index is 6.00. The highest BCUT2D eigenvalue weighted by atomic mass is 79.9. The summed E-state index contributed by atoms with van der Waals surface area (Å²) in [7, 11) is 3.28. The number of rotatable bonds is 4. The maximum Gasteiger partial charge on any atom is 0.125 e. The molecule has 2 nitrogen and oxygen atoms in total. The number of hydrogen-bond acceptors (Lipinski definition) is 2. The minimum Gasteiger partial charge on any atom is -0.497 e. The first kappa shape index (κ1) is 15.7. The molecular weight excluding hydrogens is 407 g/mol. The van der Waals surface area contributed by atoms with Gasteiger partial charge in [-0.1, -0.05) is 55.6 Å². The normalized spacial score (nSPS) is 12.1. The quantitative estimate of drug-likeness (QED) is 0.599. The highest BCUT2D eigenvalue weighted by molar-refractivity contribution is 9.11. The van der Waals surface area contributed by atoms with Crippen LogP contribution in [0.25, 0.3) is 0 Å². The molecule has 20 heavy (non-hydrogen) atoms. The largest absolute Gasteiger partial charge is 0.497 e. The molecule has 2 aromatic carbocycles. The molecule has 0 spiro atoms. The van der Waals surface area contributed by atoms with Gasteiger partial charge in [0.1, 0.15) is 11.5 Å². The first-order chi connectivity index (χ1) is 9.56. The Balaban J connectivity index is 2.43. The van der Waals surface area contributed by atoms with Crippen molar-refractivity contribution >= 4 is 43.5 Å². The highest BCUT2D eigenvalue weighted by Crippen LogP contribution is 2.41. The Morgan fingerprint density at radius 2 is 1.70 bits per heavy atom. The Bertz CT molecular complexity index is 617. The molecule has 1 atom stereocenters. The highest BCUT2D eigenvalue weighted by Gasteiger charge is 2.18. The summed E-state index contributed by atoms with van der Waals surface area (Å²) in [5.74, 6) is 1.56. The standard InChI is InChI=1S/C15H13Br2ClO2/c1-19-10-4-6-11(13(16)8-10)15(17)12-5-3-9(18)7-14(12)20-2/h3-8,15H,1-2H3. The molecule has 0 fully saturated rings. The second kappa shape index (κ2) is 6.83. The number of hydrogen-bond donors (Lipinski definition) is 0. The number of benzene rings is 2. The molecular formula is C15H13Br2ClO2. The molecule has 0 heterocycles. The van der Waals surface area contributed by atoms with Crippen LogP contribution in [0, 0.1) is 0 Å². The van der Waals surface area contributed by atoms with Gasteiger partial charge in [0, 0.05) is 15.1 Å². The molecule has 106 valence electrons. The van der Waals surface area contributed by atoms with E-state index >= 15 is 0 Å². The predicted molar refractivity (Wildman–Crippen MR) is 89.5 cm³/mol. The van der Waals surface area contributed by atoms with Gasteiger partial charge < -0.3 is 9.47 Å². The van der Waals surface area contributed by atoms with Crippen molar-refractivity contribution in [2.24, 2.45) is 0 Å². The van der Waals surface area contributed by atoms with Crippen molar-refractivity contribution in [2.45, 2.75) is 4.83 Å². The van der Waals surface area contributed by atoms with Gasteiger partial charge in [-0.05, 0) is 29.8 Å². The van der Waals surface area contributed by atoms with Gasteiger partial charge in [-0.3, -0.25) is 0 Å². The smallest absolute Gasteiger partial charge is 0.125 e. The average molecular weight is 421 g/mol. The lowest BCUT2D eigenvalue weighted by atomic mass is 10.0. The van der Waals surface area contributed by atoms with Gasteiger partial charge in [-0.15, -0.1) is 0 Å². The number of methoxy groups -OCH3 is 2. The zero-order chi connectivity index (χ0) is 14.7. The molecule has 0 aliphatic carbocycles. The lowest BCUT2D eigenvalue weighted by Gasteiger charge is -2.17. The van der Waals surface area contributed by atoms with Crippen LogP contribution in [-0.4, -0.2) is 14.2 Å². The van der Waals surface area contributed by atoms with Gasteiger partial charge in [-0.25, -0.2) is 0 Å². The molecule has 0 amide bonds. The van der Waals surface area contributed by atoms with Crippen LogP contribution in [0.2, 0.25) is 5.02 Å². The van der Waals surface area contributed by atoms with Crippen molar-refractivity contribution in [3.63, 3.8) is 0 Å². The van der Waals surface area contributed by atoms with Crippen molar-refractivity contribution in [1.29, 1.82) is 0 Å². The van der Waals surface area contributed by atoms with Crippen LogP contribution in [0.3, 0.4) is 0 Å².